The van der Waals surface area contributed by atoms with Gasteiger partial charge in [0.05, 0.1) is 0 Å². The summed E-state index contributed by atoms with van der Waals surface area (Å²) in [5.41, 5.74) is 3.31. The van der Waals surface area contributed by atoms with E-state index in [0.717, 1.165) is 0 Å². The van der Waals surface area contributed by atoms with Crippen molar-refractivity contribution in [3.05, 3.63) is 76.1 Å². The van der Waals surface area contributed by atoms with Gasteiger partial charge in [-0.25, -0.2) is 10.4 Å². The number of hydrogen-bond donors (Lipinski definition) is 0. The Morgan fingerprint density at radius 1 is 0.686 bits per heavy atom. The van der Waals surface area contributed by atoms with Gasteiger partial charge in [0, 0.05) is 16.1 Å². The first-order valence-electron chi connectivity index (χ1n) is 12.0. The molecule has 1 unspecified atom stereocenters. The van der Waals surface area contributed by atoms with Crippen molar-refractivity contribution in [2.75, 3.05) is 0 Å². The molecule has 0 amide bonds. The molecular formula is C29H42Cl2Si3Zr. The van der Waals surface area contributed by atoms with Gasteiger partial charge in [-0.05, 0) is 21.9 Å². The molecule has 0 aromatic heterocycles. The molecule has 0 heterocycles. The summed E-state index contributed by atoms with van der Waals surface area (Å²) < 4.78 is 0. The summed E-state index contributed by atoms with van der Waals surface area (Å²) in [5.74, 6) is 0. The normalized spacial score (nSPS) is 15.8. The average Bonchev–Trinajstić information content (AvgIpc) is 3.22. The summed E-state index contributed by atoms with van der Waals surface area (Å²) in [6.07, 6.45) is 6.51. The number of allylic oxidation sites excluding steroid dienone is 4. The second-order valence-corrected chi connectivity index (χ2v) is 28.2. The first-order valence-corrected chi connectivity index (χ1v) is 22.6. The van der Waals surface area contributed by atoms with Crippen molar-refractivity contribution >= 4 is 45.8 Å². The third-order valence-corrected chi connectivity index (χ3v) is 12.8. The Kier molecular flexibility index (Phi) is 12.6. The zero-order valence-corrected chi connectivity index (χ0v) is 30.4. The Labute approximate surface area is 249 Å². The molecule has 4 rings (SSSR count). The van der Waals surface area contributed by atoms with Gasteiger partial charge in [-0.1, -0.05) is 94.3 Å². The molecule has 0 saturated heterocycles. The van der Waals surface area contributed by atoms with Gasteiger partial charge < -0.3 is 24.8 Å². The van der Waals surface area contributed by atoms with Crippen LogP contribution in [-0.4, -0.2) is 24.2 Å². The minimum absolute atomic E-state index is 0. The van der Waals surface area contributed by atoms with Crippen molar-refractivity contribution < 1.29 is 51.0 Å². The monoisotopic (exact) mass is 634 g/mol. The fraction of sp³-hybridized carbons (Fsp3) is 0.414. The van der Waals surface area contributed by atoms with Gasteiger partial charge in [0.25, 0.3) is 0 Å². The fourth-order valence-electron chi connectivity index (χ4n) is 4.50. The predicted molar refractivity (Wildman–Crippen MR) is 155 cm³/mol. The van der Waals surface area contributed by atoms with E-state index in [1.807, 2.05) is 0 Å². The minimum atomic E-state index is -1.22. The number of hydrogen-bond acceptors (Lipinski definition) is 0. The van der Waals surface area contributed by atoms with Crippen molar-refractivity contribution in [1.82, 2.24) is 0 Å². The summed E-state index contributed by atoms with van der Waals surface area (Å²) in [7, 11) is -3.55. The number of benzene rings is 2. The van der Waals surface area contributed by atoms with Gasteiger partial charge >= 0.3 is 26.2 Å². The van der Waals surface area contributed by atoms with Crippen LogP contribution in [0.15, 0.2) is 58.9 Å². The van der Waals surface area contributed by atoms with Crippen molar-refractivity contribution in [2.45, 2.75) is 78.3 Å². The molecule has 0 fully saturated rings. The first-order chi connectivity index (χ1) is 14.6. The molecule has 0 saturated carbocycles. The number of halogens is 2. The molecular weight excluding hydrogens is 595 g/mol. The van der Waals surface area contributed by atoms with Gasteiger partial charge in [0.1, 0.15) is 0 Å². The average molecular weight is 637 g/mol. The molecule has 0 nitrogen and oxygen atoms in total. The molecule has 35 heavy (non-hydrogen) atoms. The van der Waals surface area contributed by atoms with Crippen molar-refractivity contribution in [1.29, 1.82) is 0 Å². The van der Waals surface area contributed by atoms with E-state index in [9.17, 15) is 0 Å². The van der Waals surface area contributed by atoms with Crippen molar-refractivity contribution in [3.8, 4) is 0 Å². The Hall–Kier alpha value is -0.0962. The van der Waals surface area contributed by atoms with Gasteiger partial charge in [-0.15, -0.1) is 45.3 Å². The van der Waals surface area contributed by atoms with Crippen LogP contribution in [-0.2, 0) is 26.2 Å². The largest absolute Gasteiger partial charge is 4.00 e. The fourth-order valence-corrected chi connectivity index (χ4v) is 11.3. The summed E-state index contributed by atoms with van der Waals surface area (Å²) in [6.45, 7) is 26.5. The zero-order chi connectivity index (χ0) is 24.1. The van der Waals surface area contributed by atoms with E-state index in [1.165, 1.54) is 32.7 Å². The molecule has 0 radical (unpaired) electrons. The van der Waals surface area contributed by atoms with Crippen LogP contribution in [0.1, 0.15) is 11.1 Å². The van der Waals surface area contributed by atoms with E-state index in [0.29, 0.717) is 5.54 Å². The maximum absolute atomic E-state index is 3.91. The molecule has 0 aliphatic heterocycles. The Bertz CT molecular complexity index is 1120. The van der Waals surface area contributed by atoms with Gasteiger partial charge in [0.2, 0.25) is 0 Å². The molecule has 0 spiro atoms. The molecule has 0 bridgehead atoms. The summed E-state index contributed by atoms with van der Waals surface area (Å²) in [4.78, 5) is 0. The third-order valence-electron chi connectivity index (χ3n) is 6.41. The standard InChI is InChI=1S/C15H13.C14H29Si3.2ClH.Zr/c1-10-3-5-14-12(7-10)9-13-8-11(2)4-6-15(13)14;1-15(2,3)12-10-13(16(4,5)6)14(11-12)17(7,8)9;;;/h3-9H,1-2H3;10,12H,1-9H3;2*1H;/q2*-1;;;+4/p-2. The zero-order valence-electron chi connectivity index (χ0n) is 23.5. The maximum Gasteiger partial charge on any atom is 4.00 e. The third kappa shape index (κ3) is 8.45. The molecule has 1 aliphatic carbocycles. The van der Waals surface area contributed by atoms with Crippen LogP contribution in [0.2, 0.25) is 64.5 Å². The van der Waals surface area contributed by atoms with E-state index < -0.39 is 24.2 Å². The smallest absolute Gasteiger partial charge is 1.00 e. The molecule has 3 aromatic rings. The second-order valence-electron chi connectivity index (χ2n) is 12.8. The van der Waals surface area contributed by atoms with Crippen LogP contribution in [0, 0.1) is 19.9 Å². The minimum Gasteiger partial charge on any atom is -1.00 e. The van der Waals surface area contributed by atoms with E-state index in [4.69, 9.17) is 0 Å². The molecule has 188 valence electrons. The molecule has 0 N–H and O–H groups in total. The van der Waals surface area contributed by atoms with Gasteiger partial charge in [-0.2, -0.15) is 6.08 Å². The van der Waals surface area contributed by atoms with Crippen LogP contribution in [0.4, 0.5) is 0 Å². The SMILES string of the molecule is C[Si](C)(C)C1=[C-]C([Si](C)(C)C)C=C1[Si](C)(C)C.Cc1ccc2c(c1)[cH-]c1cc(C)ccc12.[Cl-].[Cl-].[Zr+4]. The van der Waals surface area contributed by atoms with Crippen LogP contribution < -0.4 is 24.8 Å². The van der Waals surface area contributed by atoms with Crippen molar-refractivity contribution in [3.63, 3.8) is 0 Å². The number of aryl methyl sites for hydroxylation is 2. The predicted octanol–water partition coefficient (Wildman–Crippen LogP) is 3.45. The van der Waals surface area contributed by atoms with Crippen LogP contribution in [0.25, 0.3) is 21.5 Å². The van der Waals surface area contributed by atoms with Gasteiger partial charge in [0.15, 0.2) is 0 Å². The quantitative estimate of drug-likeness (QED) is 0.305. The van der Waals surface area contributed by atoms with E-state index in [-0.39, 0.29) is 51.0 Å². The number of fused-ring (bicyclic) bond motifs is 3. The van der Waals surface area contributed by atoms with E-state index in [2.05, 4.69) is 127 Å². The summed E-state index contributed by atoms with van der Waals surface area (Å²) in [6, 6.07) is 15.6. The van der Waals surface area contributed by atoms with Gasteiger partial charge in [-0.3, -0.25) is 6.08 Å². The first kappa shape index (κ1) is 34.9. The summed E-state index contributed by atoms with van der Waals surface area (Å²) >= 11 is 0. The van der Waals surface area contributed by atoms with Crippen LogP contribution in [0.3, 0.4) is 0 Å². The van der Waals surface area contributed by atoms with Crippen LogP contribution in [0.5, 0.6) is 0 Å². The second kappa shape index (κ2) is 12.6. The molecule has 1 atom stereocenters. The Balaban J connectivity index is 0.000000610. The van der Waals surface area contributed by atoms with E-state index >= 15 is 0 Å². The Morgan fingerprint density at radius 2 is 1.11 bits per heavy atom. The molecule has 3 aromatic carbocycles. The van der Waals surface area contributed by atoms with Crippen molar-refractivity contribution in [2.24, 2.45) is 0 Å². The number of rotatable bonds is 3. The van der Waals surface area contributed by atoms with Crippen LogP contribution >= 0.6 is 0 Å². The van der Waals surface area contributed by atoms with E-state index in [1.54, 1.807) is 10.4 Å². The molecule has 1 aliphatic rings. The maximum atomic E-state index is 3.91. The topological polar surface area (TPSA) is 0 Å². The molecule has 6 heteroatoms. The summed E-state index contributed by atoms with van der Waals surface area (Å²) in [5, 5.41) is 8.84. The Morgan fingerprint density at radius 3 is 1.43 bits per heavy atom.